The average molecular weight is 316 g/mol. The maximum atomic E-state index is 9.25. The minimum Gasteiger partial charge on any atom is -0.383 e. The molecule has 0 fully saturated rings. The van der Waals surface area contributed by atoms with E-state index in [4.69, 9.17) is 0 Å². The van der Waals surface area contributed by atoms with Gasteiger partial charge < -0.3 is 9.80 Å². The smallest absolute Gasteiger partial charge is 0.137 e. The molecule has 0 aliphatic carbocycles. The molecule has 24 heavy (non-hydrogen) atoms. The van der Waals surface area contributed by atoms with Crippen LogP contribution in [0.25, 0.3) is 16.3 Å². The first-order valence-electron chi connectivity index (χ1n) is 7.57. The minimum atomic E-state index is 0.109. The standard InChI is InChI=1S/C20H20N4/c1-23(2)10-9-20(18(13-21)14-22)17-6-5-16-12-19(24(3)4)8-7-15(16)11-17/h5-12H,1-4H3. The van der Waals surface area contributed by atoms with Crippen molar-refractivity contribution in [2.45, 2.75) is 0 Å². The zero-order valence-corrected chi connectivity index (χ0v) is 14.4. The topological polar surface area (TPSA) is 54.1 Å². The molecule has 2 aromatic rings. The highest BCUT2D eigenvalue weighted by molar-refractivity contribution is 5.91. The van der Waals surface area contributed by atoms with Gasteiger partial charge in [0.25, 0.3) is 0 Å². The largest absolute Gasteiger partial charge is 0.383 e. The summed E-state index contributed by atoms with van der Waals surface area (Å²) in [5.41, 5.74) is 2.73. The summed E-state index contributed by atoms with van der Waals surface area (Å²) in [7, 11) is 7.81. The Morgan fingerprint density at radius 2 is 1.54 bits per heavy atom. The van der Waals surface area contributed by atoms with Crippen LogP contribution in [0, 0.1) is 22.7 Å². The van der Waals surface area contributed by atoms with Crippen LogP contribution >= 0.6 is 0 Å². The van der Waals surface area contributed by atoms with Crippen LogP contribution in [0.15, 0.2) is 54.2 Å². The molecular formula is C20H20N4. The van der Waals surface area contributed by atoms with E-state index in [0.717, 1.165) is 22.0 Å². The van der Waals surface area contributed by atoms with Crippen molar-refractivity contribution in [3.05, 3.63) is 59.8 Å². The molecule has 0 saturated carbocycles. The first-order chi connectivity index (χ1) is 11.5. The summed E-state index contributed by atoms with van der Waals surface area (Å²) in [5.74, 6) is 0. The lowest BCUT2D eigenvalue weighted by Gasteiger charge is -2.13. The fourth-order valence-corrected chi connectivity index (χ4v) is 2.37. The Morgan fingerprint density at radius 3 is 2.12 bits per heavy atom. The number of hydrogen-bond acceptors (Lipinski definition) is 4. The molecule has 4 nitrogen and oxygen atoms in total. The van der Waals surface area contributed by atoms with Crippen LogP contribution in [0.4, 0.5) is 5.69 Å². The fourth-order valence-electron chi connectivity index (χ4n) is 2.37. The second kappa shape index (κ2) is 7.35. The highest BCUT2D eigenvalue weighted by atomic mass is 15.1. The van der Waals surface area contributed by atoms with E-state index < -0.39 is 0 Å². The lowest BCUT2D eigenvalue weighted by molar-refractivity contribution is 0.564. The van der Waals surface area contributed by atoms with Gasteiger partial charge in [0.15, 0.2) is 0 Å². The number of rotatable bonds is 4. The first-order valence-corrected chi connectivity index (χ1v) is 7.57. The van der Waals surface area contributed by atoms with Crippen molar-refractivity contribution in [1.29, 1.82) is 10.5 Å². The zero-order valence-electron chi connectivity index (χ0n) is 14.4. The van der Waals surface area contributed by atoms with Gasteiger partial charge in [-0.25, -0.2) is 0 Å². The van der Waals surface area contributed by atoms with Crippen molar-refractivity contribution in [2.24, 2.45) is 0 Å². The molecule has 0 spiro atoms. The lowest BCUT2D eigenvalue weighted by atomic mass is 9.97. The Balaban J connectivity index is 2.60. The van der Waals surface area contributed by atoms with Crippen molar-refractivity contribution >= 4 is 22.0 Å². The number of nitriles is 2. The van der Waals surface area contributed by atoms with Crippen LogP contribution in [0.1, 0.15) is 5.56 Å². The van der Waals surface area contributed by atoms with Crippen molar-refractivity contribution in [3.63, 3.8) is 0 Å². The van der Waals surface area contributed by atoms with E-state index in [0.29, 0.717) is 5.57 Å². The van der Waals surface area contributed by atoms with Gasteiger partial charge in [-0.3, -0.25) is 0 Å². The van der Waals surface area contributed by atoms with Crippen molar-refractivity contribution < 1.29 is 0 Å². The number of fused-ring (bicyclic) bond motifs is 1. The Hall–Kier alpha value is -3.24. The summed E-state index contributed by atoms with van der Waals surface area (Å²) in [6.07, 6.45) is 3.64. The zero-order chi connectivity index (χ0) is 17.7. The number of hydrogen-bond donors (Lipinski definition) is 0. The molecule has 0 N–H and O–H groups in total. The monoisotopic (exact) mass is 316 g/mol. The van der Waals surface area contributed by atoms with E-state index in [-0.39, 0.29) is 5.57 Å². The van der Waals surface area contributed by atoms with Gasteiger partial charge in [0, 0.05) is 39.5 Å². The van der Waals surface area contributed by atoms with E-state index in [1.807, 2.05) is 69.6 Å². The molecule has 0 aromatic heterocycles. The molecule has 4 heteroatoms. The highest BCUT2D eigenvalue weighted by Gasteiger charge is 2.08. The van der Waals surface area contributed by atoms with E-state index >= 15 is 0 Å². The molecule has 0 unspecified atom stereocenters. The van der Waals surface area contributed by atoms with E-state index in [1.54, 1.807) is 6.08 Å². The molecular weight excluding hydrogens is 296 g/mol. The molecule has 0 aliphatic heterocycles. The summed E-state index contributed by atoms with van der Waals surface area (Å²) < 4.78 is 0. The van der Waals surface area contributed by atoms with Crippen LogP contribution in [0.2, 0.25) is 0 Å². The van der Waals surface area contributed by atoms with Gasteiger partial charge in [-0.2, -0.15) is 10.5 Å². The summed E-state index contributed by atoms with van der Waals surface area (Å²) >= 11 is 0. The van der Waals surface area contributed by atoms with Crippen LogP contribution < -0.4 is 4.90 Å². The normalized spacial score (nSPS) is 10.2. The Bertz CT molecular complexity index is 874. The van der Waals surface area contributed by atoms with Crippen LogP contribution in [0.5, 0.6) is 0 Å². The predicted molar refractivity (Wildman–Crippen MR) is 99.2 cm³/mol. The number of nitrogens with zero attached hydrogens (tertiary/aromatic N) is 4. The van der Waals surface area contributed by atoms with Crippen LogP contribution in [0.3, 0.4) is 0 Å². The van der Waals surface area contributed by atoms with Crippen molar-refractivity contribution in [1.82, 2.24) is 4.90 Å². The molecule has 2 aromatic carbocycles. The van der Waals surface area contributed by atoms with Crippen LogP contribution in [-0.2, 0) is 0 Å². The van der Waals surface area contributed by atoms with E-state index in [1.165, 1.54) is 0 Å². The fraction of sp³-hybridized carbons (Fsp3) is 0.200. The molecule has 0 radical (unpaired) electrons. The Morgan fingerprint density at radius 1 is 0.917 bits per heavy atom. The number of benzene rings is 2. The van der Waals surface area contributed by atoms with Gasteiger partial charge in [-0.15, -0.1) is 0 Å². The third-order valence-electron chi connectivity index (χ3n) is 3.68. The SMILES string of the molecule is CN(C)C=CC(=C(C#N)C#N)c1ccc2cc(N(C)C)ccc2c1. The van der Waals surface area contributed by atoms with E-state index in [9.17, 15) is 10.5 Å². The predicted octanol–water partition coefficient (Wildman–Crippen LogP) is 3.78. The maximum Gasteiger partial charge on any atom is 0.137 e. The Kier molecular flexibility index (Phi) is 5.24. The van der Waals surface area contributed by atoms with Crippen molar-refractivity contribution in [3.8, 4) is 12.1 Å². The van der Waals surface area contributed by atoms with Gasteiger partial charge >= 0.3 is 0 Å². The third-order valence-corrected chi connectivity index (χ3v) is 3.68. The molecule has 2 rings (SSSR count). The summed E-state index contributed by atoms with van der Waals surface area (Å²) in [6.45, 7) is 0. The third kappa shape index (κ3) is 3.74. The quantitative estimate of drug-likeness (QED) is 0.636. The highest BCUT2D eigenvalue weighted by Crippen LogP contribution is 2.27. The lowest BCUT2D eigenvalue weighted by Crippen LogP contribution is -2.08. The number of allylic oxidation sites excluding steroid dienone is 3. The molecule has 0 aliphatic rings. The molecule has 0 heterocycles. The average Bonchev–Trinajstić information content (AvgIpc) is 2.57. The van der Waals surface area contributed by atoms with Crippen molar-refractivity contribution in [2.75, 3.05) is 33.1 Å². The van der Waals surface area contributed by atoms with Gasteiger partial charge in [0.2, 0.25) is 0 Å². The summed E-state index contributed by atoms with van der Waals surface area (Å²) in [5, 5.41) is 20.7. The van der Waals surface area contributed by atoms with Gasteiger partial charge in [0.05, 0.1) is 0 Å². The van der Waals surface area contributed by atoms with Crippen LogP contribution in [-0.4, -0.2) is 33.1 Å². The molecule has 0 bridgehead atoms. The summed E-state index contributed by atoms with van der Waals surface area (Å²) in [4.78, 5) is 3.93. The minimum absolute atomic E-state index is 0.109. The Labute approximate surface area is 143 Å². The van der Waals surface area contributed by atoms with E-state index in [2.05, 4.69) is 23.1 Å². The van der Waals surface area contributed by atoms with Gasteiger partial charge in [-0.1, -0.05) is 18.2 Å². The maximum absolute atomic E-state index is 9.25. The van der Waals surface area contributed by atoms with Gasteiger partial charge in [0.1, 0.15) is 17.7 Å². The molecule has 0 atom stereocenters. The second-order valence-corrected chi connectivity index (χ2v) is 5.93. The number of anilines is 1. The van der Waals surface area contributed by atoms with Gasteiger partial charge in [-0.05, 0) is 46.8 Å². The molecule has 0 saturated heterocycles. The summed E-state index contributed by atoms with van der Waals surface area (Å²) in [6, 6.07) is 16.2. The molecule has 120 valence electrons. The first kappa shape index (κ1) is 17.1. The molecule has 0 amide bonds. The second-order valence-electron chi connectivity index (χ2n) is 5.93.